The maximum absolute atomic E-state index is 13.2. The molecule has 0 bridgehead atoms. The molecule has 1 aromatic heterocycles. The van der Waals surface area contributed by atoms with Gasteiger partial charge in [-0.05, 0) is 47.4 Å². The highest BCUT2D eigenvalue weighted by Gasteiger charge is 2.58. The van der Waals surface area contributed by atoms with Crippen LogP contribution in [0.25, 0.3) is 21.8 Å². The minimum Gasteiger partial charge on any atom is -0.469 e. The topological polar surface area (TPSA) is 76.9 Å². The predicted octanol–water partition coefficient (Wildman–Crippen LogP) is 4.21. The van der Waals surface area contributed by atoms with Gasteiger partial charge in [-0.25, -0.2) is 10.0 Å². The highest BCUT2D eigenvalue weighted by Crippen LogP contribution is 2.45. The first-order chi connectivity index (χ1) is 18.5. The summed E-state index contributed by atoms with van der Waals surface area (Å²) in [5.74, 6) is -0.0583. The van der Waals surface area contributed by atoms with Crippen LogP contribution in [-0.4, -0.2) is 57.1 Å². The number of aryl methyl sites for hydroxylation is 1. The highest BCUT2D eigenvalue weighted by molar-refractivity contribution is 5.88. The molecule has 0 radical (unpaired) electrons. The summed E-state index contributed by atoms with van der Waals surface area (Å²) in [6.45, 7) is 2.41. The van der Waals surface area contributed by atoms with Crippen molar-refractivity contribution in [3.63, 3.8) is 0 Å². The van der Waals surface area contributed by atoms with Gasteiger partial charge in [0.2, 0.25) is 5.91 Å². The predicted molar refractivity (Wildman–Crippen MR) is 144 cm³/mol. The summed E-state index contributed by atoms with van der Waals surface area (Å²) in [6, 6.07) is 22.5. The normalized spacial score (nSPS) is 19.6. The van der Waals surface area contributed by atoms with Gasteiger partial charge >= 0.3 is 5.97 Å². The standard InChI is InChI=1S/C30H32N4O4/c1-32-26-10-6-5-9-25(26)31-27(32)19-33-15-13-30(14-16-33)24(29(36)37-2)18-28(35)34(30)38-20-21-11-12-22-7-3-4-8-23(22)17-21/h3-12,17,24H,13-16,18-20H2,1-2H3. The van der Waals surface area contributed by atoms with Crippen molar-refractivity contribution < 1.29 is 19.2 Å². The number of esters is 1. The SMILES string of the molecule is COC(=O)C1CC(=O)N(OCc2ccc3ccccc3c2)C12CCN(Cc1nc3ccccc3n1C)CC2. The van der Waals surface area contributed by atoms with Crippen molar-refractivity contribution in [3.8, 4) is 0 Å². The quantitative estimate of drug-likeness (QED) is 0.360. The number of fused-ring (bicyclic) bond motifs is 2. The van der Waals surface area contributed by atoms with Crippen LogP contribution in [-0.2, 0) is 39.4 Å². The van der Waals surface area contributed by atoms with E-state index in [-0.39, 0.29) is 24.9 Å². The van der Waals surface area contributed by atoms with Crippen LogP contribution >= 0.6 is 0 Å². The summed E-state index contributed by atoms with van der Waals surface area (Å²) < 4.78 is 7.27. The maximum atomic E-state index is 13.2. The van der Waals surface area contributed by atoms with Gasteiger partial charge in [-0.1, -0.05) is 48.5 Å². The average Bonchev–Trinajstić information content (AvgIpc) is 3.41. The van der Waals surface area contributed by atoms with Gasteiger partial charge in [-0.15, -0.1) is 0 Å². The first-order valence-electron chi connectivity index (χ1n) is 13.1. The first kappa shape index (κ1) is 24.6. The molecule has 1 spiro atoms. The number of carbonyl (C=O) groups is 2. The summed E-state index contributed by atoms with van der Waals surface area (Å²) in [7, 11) is 3.43. The van der Waals surface area contributed by atoms with Crippen molar-refractivity contribution >= 4 is 33.7 Å². The Bertz CT molecular complexity index is 1500. The lowest BCUT2D eigenvalue weighted by atomic mass is 9.77. The smallest absolute Gasteiger partial charge is 0.311 e. The second-order valence-corrected chi connectivity index (χ2v) is 10.4. The monoisotopic (exact) mass is 512 g/mol. The van der Waals surface area contributed by atoms with Crippen LogP contribution < -0.4 is 0 Å². The summed E-state index contributed by atoms with van der Waals surface area (Å²) >= 11 is 0. The van der Waals surface area contributed by atoms with Crippen LogP contribution in [0.4, 0.5) is 0 Å². The minimum absolute atomic E-state index is 0.106. The number of methoxy groups -OCH3 is 1. The molecule has 6 rings (SSSR count). The number of rotatable bonds is 6. The second-order valence-electron chi connectivity index (χ2n) is 10.4. The largest absolute Gasteiger partial charge is 0.469 e. The van der Waals surface area contributed by atoms with Crippen LogP contribution in [0.2, 0.25) is 0 Å². The Labute approximate surface area is 221 Å². The zero-order valence-corrected chi connectivity index (χ0v) is 21.8. The molecule has 8 heteroatoms. The number of likely N-dealkylation sites (tertiary alicyclic amines) is 1. The van der Waals surface area contributed by atoms with E-state index < -0.39 is 11.5 Å². The van der Waals surface area contributed by atoms with E-state index in [4.69, 9.17) is 14.6 Å². The molecule has 3 heterocycles. The number of hydrogen-bond acceptors (Lipinski definition) is 6. The van der Waals surface area contributed by atoms with Gasteiger partial charge in [0.1, 0.15) is 12.4 Å². The Morgan fingerprint density at radius 3 is 2.53 bits per heavy atom. The average molecular weight is 513 g/mol. The number of nitrogens with zero attached hydrogens (tertiary/aromatic N) is 4. The summed E-state index contributed by atoms with van der Waals surface area (Å²) in [5.41, 5.74) is 2.35. The van der Waals surface area contributed by atoms with Crippen molar-refractivity contribution in [2.75, 3.05) is 20.2 Å². The van der Waals surface area contributed by atoms with Crippen LogP contribution in [0.15, 0.2) is 66.7 Å². The lowest BCUT2D eigenvalue weighted by Gasteiger charge is -2.45. The molecule has 196 valence electrons. The number of imidazole rings is 1. The molecule has 0 N–H and O–H groups in total. The molecular formula is C30H32N4O4. The molecule has 0 aliphatic carbocycles. The Kier molecular flexibility index (Phi) is 6.37. The number of piperidine rings is 1. The summed E-state index contributed by atoms with van der Waals surface area (Å²) in [5, 5.41) is 3.79. The van der Waals surface area contributed by atoms with Crippen molar-refractivity contribution in [1.82, 2.24) is 19.5 Å². The fourth-order valence-electron chi connectivity index (χ4n) is 6.14. The van der Waals surface area contributed by atoms with E-state index in [1.165, 1.54) is 12.2 Å². The van der Waals surface area contributed by atoms with E-state index in [0.29, 0.717) is 19.4 Å². The van der Waals surface area contributed by atoms with E-state index in [1.54, 1.807) is 0 Å². The van der Waals surface area contributed by atoms with E-state index in [1.807, 2.05) is 43.4 Å². The van der Waals surface area contributed by atoms with Gasteiger partial charge in [0.25, 0.3) is 0 Å². The molecule has 2 aliphatic heterocycles. The molecule has 1 atom stereocenters. The Hall–Kier alpha value is -3.75. The zero-order chi connectivity index (χ0) is 26.3. The van der Waals surface area contributed by atoms with Gasteiger partial charge in [0.05, 0.1) is 36.1 Å². The lowest BCUT2D eigenvalue weighted by molar-refractivity contribution is -0.229. The zero-order valence-electron chi connectivity index (χ0n) is 21.8. The van der Waals surface area contributed by atoms with Gasteiger partial charge in [0.15, 0.2) is 0 Å². The molecule has 4 aromatic rings. The molecule has 3 aromatic carbocycles. The fraction of sp³-hybridized carbons (Fsp3) is 0.367. The fourth-order valence-corrected chi connectivity index (χ4v) is 6.14. The number of carbonyl (C=O) groups excluding carboxylic acids is 2. The molecule has 2 aliphatic rings. The van der Waals surface area contributed by atoms with Crippen LogP contribution in [0, 0.1) is 5.92 Å². The van der Waals surface area contributed by atoms with Gasteiger partial charge < -0.3 is 9.30 Å². The lowest BCUT2D eigenvalue weighted by Crippen LogP contribution is -2.57. The van der Waals surface area contributed by atoms with Gasteiger partial charge in [0, 0.05) is 26.6 Å². The van der Waals surface area contributed by atoms with Crippen molar-refractivity contribution in [2.24, 2.45) is 13.0 Å². The Morgan fingerprint density at radius 1 is 1.03 bits per heavy atom. The minimum atomic E-state index is -0.718. The number of hydroxylamine groups is 2. The Balaban J connectivity index is 1.20. The number of para-hydroxylation sites is 2. The molecule has 2 saturated heterocycles. The molecule has 1 amide bonds. The van der Waals surface area contributed by atoms with Crippen molar-refractivity contribution in [1.29, 1.82) is 0 Å². The number of ether oxygens (including phenoxy) is 1. The third-order valence-electron chi connectivity index (χ3n) is 8.28. The molecule has 38 heavy (non-hydrogen) atoms. The van der Waals surface area contributed by atoms with Crippen molar-refractivity contribution in [2.45, 2.75) is 38.0 Å². The number of aromatic nitrogens is 2. The van der Waals surface area contributed by atoms with E-state index in [0.717, 1.165) is 46.3 Å². The van der Waals surface area contributed by atoms with Crippen LogP contribution in [0.5, 0.6) is 0 Å². The van der Waals surface area contributed by atoms with Crippen LogP contribution in [0.1, 0.15) is 30.7 Å². The van der Waals surface area contributed by atoms with E-state index in [9.17, 15) is 9.59 Å². The second kappa shape index (κ2) is 9.85. The van der Waals surface area contributed by atoms with Gasteiger partial charge in [-0.3, -0.25) is 19.3 Å². The third-order valence-corrected chi connectivity index (χ3v) is 8.28. The number of amides is 1. The number of benzene rings is 3. The molecule has 2 fully saturated rings. The molecule has 0 saturated carbocycles. The van der Waals surface area contributed by atoms with E-state index >= 15 is 0 Å². The maximum Gasteiger partial charge on any atom is 0.311 e. The van der Waals surface area contributed by atoms with Crippen LogP contribution in [0.3, 0.4) is 0 Å². The first-order valence-corrected chi connectivity index (χ1v) is 13.1. The summed E-state index contributed by atoms with van der Waals surface area (Å²) in [6.07, 6.45) is 1.36. The van der Waals surface area contributed by atoms with E-state index in [2.05, 4.69) is 39.8 Å². The highest BCUT2D eigenvalue weighted by atomic mass is 16.7. The molecular weight excluding hydrogens is 480 g/mol. The third kappa shape index (κ3) is 4.23. The Morgan fingerprint density at radius 2 is 1.76 bits per heavy atom. The number of hydrogen-bond donors (Lipinski definition) is 0. The summed E-state index contributed by atoms with van der Waals surface area (Å²) in [4.78, 5) is 39.4. The van der Waals surface area contributed by atoms with Gasteiger partial charge in [-0.2, -0.15) is 0 Å². The molecule has 1 unspecified atom stereocenters. The molecule has 8 nitrogen and oxygen atoms in total. The van der Waals surface area contributed by atoms with Crippen molar-refractivity contribution in [3.05, 3.63) is 78.1 Å².